The molecule has 0 spiro atoms. The normalized spacial score (nSPS) is 11.1. The van der Waals surface area contributed by atoms with Crippen molar-refractivity contribution in [3.05, 3.63) is 28.3 Å². The van der Waals surface area contributed by atoms with Crippen LogP contribution in [0.3, 0.4) is 0 Å². The molecule has 0 bridgehead atoms. The van der Waals surface area contributed by atoms with Crippen molar-refractivity contribution in [3.8, 4) is 0 Å². The average Bonchev–Trinajstić information content (AvgIpc) is 2.22. The largest absolute Gasteiger partial charge is 0.224 e. The lowest BCUT2D eigenvalue weighted by molar-refractivity contribution is 0.601. The van der Waals surface area contributed by atoms with E-state index in [1.54, 1.807) is 19.1 Å². The summed E-state index contributed by atoms with van der Waals surface area (Å²) in [7, 11) is -3.18. The van der Waals surface area contributed by atoms with Crippen LogP contribution in [-0.4, -0.2) is 14.7 Å². The predicted molar refractivity (Wildman–Crippen MR) is 74.7 cm³/mol. The molecule has 0 aliphatic rings. The molecule has 0 saturated carbocycles. The minimum Gasteiger partial charge on any atom is -0.224 e. The van der Waals surface area contributed by atoms with Crippen LogP contribution in [0.2, 0.25) is 5.02 Å². The van der Waals surface area contributed by atoms with Crippen LogP contribution in [0.25, 0.3) is 0 Å². The quantitative estimate of drug-likeness (QED) is 0.811. The number of rotatable bonds is 2. The third-order valence-electron chi connectivity index (χ3n) is 2.39. The van der Waals surface area contributed by atoms with Gasteiger partial charge >= 0.3 is 0 Å². The summed E-state index contributed by atoms with van der Waals surface area (Å²) in [6, 6.07) is 3.42. The van der Waals surface area contributed by atoms with Crippen molar-refractivity contribution in [1.29, 1.82) is 0 Å². The maximum absolute atomic E-state index is 11.4. The van der Waals surface area contributed by atoms with E-state index in [0.717, 1.165) is 5.56 Å². The summed E-state index contributed by atoms with van der Waals surface area (Å²) in [6.07, 6.45) is 1.20. The lowest BCUT2D eigenvalue weighted by atomic mass is 10.0. The number of benzene rings is 1. The Morgan fingerprint density at radius 2 is 1.65 bits per heavy atom. The van der Waals surface area contributed by atoms with E-state index in [4.69, 9.17) is 11.6 Å². The van der Waals surface area contributed by atoms with Crippen molar-refractivity contribution in [3.63, 3.8) is 0 Å². The van der Waals surface area contributed by atoms with Gasteiger partial charge in [0, 0.05) is 11.3 Å². The highest BCUT2D eigenvalue weighted by molar-refractivity contribution is 7.90. The van der Waals surface area contributed by atoms with Gasteiger partial charge in [0.2, 0.25) is 0 Å². The molecule has 0 fully saturated rings. The molecule has 2 nitrogen and oxygen atoms in total. The minimum absolute atomic E-state index is 0.296. The molecule has 0 aromatic heterocycles. The molecular weight excluding hydrogens is 256 g/mol. The predicted octanol–water partition coefficient (Wildman–Crippen LogP) is 4.20. The second-order valence-corrected chi connectivity index (χ2v) is 6.38. The van der Waals surface area contributed by atoms with E-state index in [-0.39, 0.29) is 0 Å². The highest BCUT2D eigenvalue weighted by Gasteiger charge is 2.16. The maximum Gasteiger partial charge on any atom is 0.175 e. The SMILES string of the molecule is CC.Cc1c(S(C)(=O)=O)ccc(C(C)C)c1Cl. The molecule has 0 unspecified atom stereocenters. The Balaban J connectivity index is 0.00000121. The molecule has 0 aliphatic heterocycles. The van der Waals surface area contributed by atoms with Crippen molar-refractivity contribution < 1.29 is 8.42 Å². The average molecular weight is 277 g/mol. The third-order valence-corrected chi connectivity index (χ3v) is 4.13. The third kappa shape index (κ3) is 4.00. The number of hydrogen-bond donors (Lipinski definition) is 0. The Morgan fingerprint density at radius 3 is 2.00 bits per heavy atom. The Labute approximate surface area is 110 Å². The minimum atomic E-state index is -3.18. The van der Waals surface area contributed by atoms with Gasteiger partial charge in [0.05, 0.1) is 4.90 Å². The van der Waals surface area contributed by atoms with Crippen LogP contribution in [0.15, 0.2) is 17.0 Å². The molecule has 0 saturated heterocycles. The van der Waals surface area contributed by atoms with E-state index in [1.165, 1.54) is 6.26 Å². The Hall–Kier alpha value is -0.540. The van der Waals surface area contributed by atoms with Crippen LogP contribution >= 0.6 is 11.6 Å². The van der Waals surface area contributed by atoms with Crippen molar-refractivity contribution in [1.82, 2.24) is 0 Å². The zero-order chi connectivity index (χ0) is 13.8. The van der Waals surface area contributed by atoms with Crippen molar-refractivity contribution in [2.45, 2.75) is 45.4 Å². The fraction of sp³-hybridized carbons (Fsp3) is 0.538. The first kappa shape index (κ1) is 16.5. The molecule has 0 N–H and O–H groups in total. The summed E-state index contributed by atoms with van der Waals surface area (Å²) in [4.78, 5) is 0.317. The van der Waals surface area contributed by atoms with Gasteiger partial charge in [-0.3, -0.25) is 0 Å². The van der Waals surface area contributed by atoms with Crippen molar-refractivity contribution in [2.75, 3.05) is 6.26 Å². The fourth-order valence-electron chi connectivity index (χ4n) is 1.54. The highest BCUT2D eigenvalue weighted by atomic mass is 35.5. The Bertz CT molecular complexity index is 476. The summed E-state index contributed by atoms with van der Waals surface area (Å²) in [6.45, 7) is 9.80. The zero-order valence-corrected chi connectivity index (χ0v) is 12.9. The summed E-state index contributed by atoms with van der Waals surface area (Å²) in [5.74, 6) is 0.296. The van der Waals surface area contributed by atoms with Gasteiger partial charge in [-0.15, -0.1) is 0 Å². The first-order valence-corrected chi connectivity index (χ1v) is 8.01. The molecule has 1 aromatic carbocycles. The topological polar surface area (TPSA) is 34.1 Å². The lowest BCUT2D eigenvalue weighted by Crippen LogP contribution is -2.02. The maximum atomic E-state index is 11.4. The first-order valence-electron chi connectivity index (χ1n) is 5.74. The molecule has 0 heterocycles. The van der Waals surface area contributed by atoms with E-state index in [9.17, 15) is 8.42 Å². The molecular formula is C13H21ClO2S. The summed E-state index contributed by atoms with van der Waals surface area (Å²) < 4.78 is 22.9. The molecule has 17 heavy (non-hydrogen) atoms. The van der Waals surface area contributed by atoms with Crippen LogP contribution in [0, 0.1) is 6.92 Å². The Kier molecular flexibility index (Phi) is 6.20. The van der Waals surface area contributed by atoms with Gasteiger partial charge in [-0.1, -0.05) is 45.4 Å². The molecule has 0 radical (unpaired) electrons. The van der Waals surface area contributed by atoms with Gasteiger partial charge in [-0.2, -0.15) is 0 Å². The summed E-state index contributed by atoms with van der Waals surface area (Å²) in [5, 5.41) is 0.563. The molecule has 1 aromatic rings. The summed E-state index contributed by atoms with van der Waals surface area (Å²) >= 11 is 6.13. The zero-order valence-electron chi connectivity index (χ0n) is 11.3. The summed E-state index contributed by atoms with van der Waals surface area (Å²) in [5.41, 5.74) is 1.63. The van der Waals surface area contributed by atoms with Crippen LogP contribution in [0.1, 0.15) is 44.7 Å². The standard InChI is InChI=1S/C11H15ClO2S.C2H6/c1-7(2)9-5-6-10(15(4,13)14)8(3)11(9)12;1-2/h5-7H,1-4H3;1-2H3. The molecule has 4 heteroatoms. The highest BCUT2D eigenvalue weighted by Crippen LogP contribution is 2.31. The smallest absolute Gasteiger partial charge is 0.175 e. The van der Waals surface area contributed by atoms with E-state index in [2.05, 4.69) is 0 Å². The first-order chi connectivity index (χ1) is 7.75. The van der Waals surface area contributed by atoms with E-state index in [0.29, 0.717) is 21.4 Å². The second kappa shape index (κ2) is 6.41. The van der Waals surface area contributed by atoms with Gasteiger partial charge < -0.3 is 0 Å². The van der Waals surface area contributed by atoms with Gasteiger partial charge in [0.15, 0.2) is 9.84 Å². The molecule has 0 aliphatic carbocycles. The van der Waals surface area contributed by atoms with Gasteiger partial charge in [0.1, 0.15) is 0 Å². The van der Waals surface area contributed by atoms with E-state index in [1.807, 2.05) is 27.7 Å². The monoisotopic (exact) mass is 276 g/mol. The molecule has 0 amide bonds. The van der Waals surface area contributed by atoms with Crippen LogP contribution in [-0.2, 0) is 9.84 Å². The van der Waals surface area contributed by atoms with Crippen molar-refractivity contribution >= 4 is 21.4 Å². The van der Waals surface area contributed by atoms with Gasteiger partial charge in [-0.05, 0) is 30.0 Å². The number of hydrogen-bond acceptors (Lipinski definition) is 2. The van der Waals surface area contributed by atoms with E-state index < -0.39 is 9.84 Å². The van der Waals surface area contributed by atoms with Crippen LogP contribution in [0.4, 0.5) is 0 Å². The van der Waals surface area contributed by atoms with Crippen LogP contribution < -0.4 is 0 Å². The van der Waals surface area contributed by atoms with Gasteiger partial charge in [-0.25, -0.2) is 8.42 Å². The van der Waals surface area contributed by atoms with Gasteiger partial charge in [0.25, 0.3) is 0 Å². The molecule has 1 rings (SSSR count). The van der Waals surface area contributed by atoms with E-state index >= 15 is 0 Å². The fourth-order valence-corrected chi connectivity index (χ4v) is 2.95. The second-order valence-electron chi connectivity index (χ2n) is 4.02. The lowest BCUT2D eigenvalue weighted by Gasteiger charge is -2.13. The molecule has 98 valence electrons. The Morgan fingerprint density at radius 1 is 1.18 bits per heavy atom. The molecule has 0 atom stereocenters. The number of halogens is 1. The number of sulfone groups is 1. The van der Waals surface area contributed by atoms with Crippen molar-refractivity contribution in [2.24, 2.45) is 0 Å². The van der Waals surface area contributed by atoms with Crippen LogP contribution in [0.5, 0.6) is 0 Å².